The normalized spacial score (nSPS) is 11.3. The molecule has 9 heteroatoms. The van der Waals surface area contributed by atoms with Crippen LogP contribution in [0.1, 0.15) is 12.7 Å². The predicted molar refractivity (Wildman–Crippen MR) is 92.0 cm³/mol. The zero-order chi connectivity index (χ0) is 17.6. The molecule has 0 aliphatic rings. The van der Waals surface area contributed by atoms with E-state index >= 15 is 0 Å². The van der Waals surface area contributed by atoms with Crippen LogP contribution in [0.5, 0.6) is 0 Å². The molecule has 1 heterocycles. The van der Waals surface area contributed by atoms with Crippen molar-refractivity contribution >= 4 is 17.2 Å². The lowest BCUT2D eigenvalue weighted by atomic mass is 10.2. The molecule has 3 aromatic rings. The third kappa shape index (κ3) is 3.50. The molecule has 0 aliphatic carbocycles. The van der Waals surface area contributed by atoms with Crippen LogP contribution in [-0.2, 0) is 6.54 Å². The van der Waals surface area contributed by atoms with E-state index in [1.807, 2.05) is 60.7 Å². The van der Waals surface area contributed by atoms with E-state index in [0.29, 0.717) is 17.9 Å². The molecule has 0 radical (unpaired) electrons. The molecule has 0 saturated heterocycles. The fourth-order valence-corrected chi connectivity index (χ4v) is 2.24. The molecule has 25 heavy (non-hydrogen) atoms. The SMILES string of the molecule is CCn1nnnc1C(=NN(c1ccccc1)c1ccccc1)[N+](=O)[O-]. The van der Waals surface area contributed by atoms with Gasteiger partial charge >= 0.3 is 5.84 Å². The summed E-state index contributed by atoms with van der Waals surface area (Å²) in [6.07, 6.45) is 0. The summed E-state index contributed by atoms with van der Waals surface area (Å²) < 4.78 is 1.33. The predicted octanol–water partition coefficient (Wildman–Crippen LogP) is 2.47. The summed E-state index contributed by atoms with van der Waals surface area (Å²) in [5, 5.41) is 28.4. The number of hydrazone groups is 1. The first-order valence-corrected chi connectivity index (χ1v) is 7.60. The first-order chi connectivity index (χ1) is 12.2. The number of nitrogens with zero attached hydrogens (tertiary/aromatic N) is 7. The van der Waals surface area contributed by atoms with Gasteiger partial charge in [-0.15, -0.1) is 5.01 Å². The Bertz CT molecular complexity index is 838. The minimum atomic E-state index is -0.587. The third-order valence-electron chi connectivity index (χ3n) is 3.40. The highest BCUT2D eigenvalue weighted by Gasteiger charge is 2.27. The topological polar surface area (TPSA) is 102 Å². The molecule has 9 nitrogen and oxygen atoms in total. The quantitative estimate of drug-likeness (QED) is 0.307. The fraction of sp³-hybridized carbons (Fsp3) is 0.125. The smallest absolute Gasteiger partial charge is 0.358 e. The van der Waals surface area contributed by atoms with Gasteiger partial charge in [-0.2, -0.15) is 0 Å². The maximum atomic E-state index is 11.6. The van der Waals surface area contributed by atoms with E-state index in [1.54, 1.807) is 6.92 Å². The molecule has 0 fully saturated rings. The summed E-state index contributed by atoms with van der Waals surface area (Å²) in [6, 6.07) is 18.3. The summed E-state index contributed by atoms with van der Waals surface area (Å²) in [5.74, 6) is -0.427. The van der Waals surface area contributed by atoms with Gasteiger partial charge in [0.2, 0.25) is 0 Å². The zero-order valence-corrected chi connectivity index (χ0v) is 13.4. The number of nitro groups is 1. The van der Waals surface area contributed by atoms with Crippen molar-refractivity contribution in [2.24, 2.45) is 5.10 Å². The summed E-state index contributed by atoms with van der Waals surface area (Å²) in [6.45, 7) is 2.19. The Kier molecular flexibility index (Phi) is 4.74. The number of hydrogen-bond donors (Lipinski definition) is 0. The van der Waals surface area contributed by atoms with Gasteiger partial charge in [0.1, 0.15) is 0 Å². The average Bonchev–Trinajstić information content (AvgIpc) is 3.12. The maximum absolute atomic E-state index is 11.6. The van der Waals surface area contributed by atoms with E-state index in [2.05, 4.69) is 20.6 Å². The first-order valence-electron chi connectivity index (χ1n) is 7.60. The first kappa shape index (κ1) is 16.2. The number of hydrogen-bond acceptors (Lipinski definition) is 7. The van der Waals surface area contributed by atoms with Crippen LogP contribution in [0.3, 0.4) is 0 Å². The molecule has 126 valence electrons. The Morgan fingerprint density at radius 1 is 1.12 bits per heavy atom. The Morgan fingerprint density at radius 3 is 2.16 bits per heavy atom. The molecule has 0 atom stereocenters. The number of aromatic nitrogens is 4. The van der Waals surface area contributed by atoms with Gasteiger partial charge in [-0.1, -0.05) is 41.5 Å². The Labute approximate surface area is 143 Å². The number of anilines is 2. The van der Waals surface area contributed by atoms with Gasteiger partial charge in [0.05, 0.1) is 16.5 Å². The van der Waals surface area contributed by atoms with Crippen LogP contribution >= 0.6 is 0 Å². The van der Waals surface area contributed by atoms with E-state index in [4.69, 9.17) is 0 Å². The second kappa shape index (κ2) is 7.30. The molecular weight excluding hydrogens is 322 g/mol. The lowest BCUT2D eigenvalue weighted by Gasteiger charge is -2.13. The number of para-hydroxylation sites is 2. The molecular formula is C16H15N7O2. The molecule has 0 saturated carbocycles. The van der Waals surface area contributed by atoms with Crippen molar-refractivity contribution < 1.29 is 4.92 Å². The van der Waals surface area contributed by atoms with Crippen LogP contribution in [0.25, 0.3) is 0 Å². The van der Waals surface area contributed by atoms with Gasteiger partial charge in [-0.3, -0.25) is 0 Å². The lowest BCUT2D eigenvalue weighted by Crippen LogP contribution is -2.24. The van der Waals surface area contributed by atoms with Crippen molar-refractivity contribution in [3.05, 3.63) is 76.6 Å². The molecule has 0 N–H and O–H groups in total. The van der Waals surface area contributed by atoms with Crippen molar-refractivity contribution in [3.8, 4) is 0 Å². The van der Waals surface area contributed by atoms with E-state index in [9.17, 15) is 10.1 Å². The second-order valence-electron chi connectivity index (χ2n) is 4.98. The lowest BCUT2D eigenvalue weighted by molar-refractivity contribution is -0.349. The Balaban J connectivity index is 2.14. The maximum Gasteiger partial charge on any atom is 0.435 e. The van der Waals surface area contributed by atoms with Gasteiger partial charge in [0.15, 0.2) is 0 Å². The van der Waals surface area contributed by atoms with Crippen molar-refractivity contribution in [2.75, 3.05) is 5.01 Å². The van der Waals surface area contributed by atoms with Crippen LogP contribution < -0.4 is 5.01 Å². The minimum absolute atomic E-state index is 0.00404. The highest BCUT2D eigenvalue weighted by Crippen LogP contribution is 2.25. The zero-order valence-electron chi connectivity index (χ0n) is 13.4. The minimum Gasteiger partial charge on any atom is -0.358 e. The molecule has 2 aromatic carbocycles. The van der Waals surface area contributed by atoms with E-state index < -0.39 is 10.8 Å². The monoisotopic (exact) mass is 337 g/mol. The molecule has 3 rings (SSSR count). The molecule has 0 unspecified atom stereocenters. The van der Waals surface area contributed by atoms with Crippen LogP contribution in [0.4, 0.5) is 11.4 Å². The van der Waals surface area contributed by atoms with Crippen molar-refractivity contribution in [1.29, 1.82) is 0 Å². The third-order valence-corrected chi connectivity index (χ3v) is 3.40. The molecule has 0 aliphatic heterocycles. The van der Waals surface area contributed by atoms with Gasteiger partial charge in [-0.05, 0) is 46.5 Å². The van der Waals surface area contributed by atoms with Crippen LogP contribution in [0.2, 0.25) is 0 Å². The second-order valence-corrected chi connectivity index (χ2v) is 4.98. The summed E-state index contributed by atoms with van der Waals surface area (Å²) in [7, 11) is 0. The van der Waals surface area contributed by atoms with E-state index in [-0.39, 0.29) is 5.82 Å². The van der Waals surface area contributed by atoms with E-state index in [0.717, 1.165) is 0 Å². The standard InChI is InChI=1S/C16H15N7O2/c1-2-21-15(17-19-20-21)16(23(24)25)18-22(13-9-5-3-6-10-13)14-11-7-4-8-12-14/h3-12H,2H2,1H3. The van der Waals surface area contributed by atoms with Gasteiger partial charge in [0, 0.05) is 6.54 Å². The average molecular weight is 337 g/mol. The summed E-state index contributed by atoms with van der Waals surface area (Å²) in [4.78, 5) is 11.0. The van der Waals surface area contributed by atoms with Gasteiger partial charge in [-0.25, -0.2) is 4.68 Å². The fourth-order valence-electron chi connectivity index (χ4n) is 2.24. The van der Waals surface area contributed by atoms with Crippen LogP contribution in [-0.4, -0.2) is 31.0 Å². The number of aryl methyl sites for hydroxylation is 1. The van der Waals surface area contributed by atoms with Gasteiger partial charge in [0.25, 0.3) is 5.82 Å². The molecule has 0 bridgehead atoms. The van der Waals surface area contributed by atoms with Crippen molar-refractivity contribution in [3.63, 3.8) is 0 Å². The van der Waals surface area contributed by atoms with Crippen molar-refractivity contribution in [2.45, 2.75) is 13.5 Å². The molecule has 1 aromatic heterocycles. The summed E-state index contributed by atoms with van der Waals surface area (Å²) >= 11 is 0. The number of tetrazole rings is 1. The number of benzene rings is 2. The highest BCUT2D eigenvalue weighted by molar-refractivity contribution is 5.90. The molecule has 0 amide bonds. The van der Waals surface area contributed by atoms with Crippen LogP contribution in [0.15, 0.2) is 65.8 Å². The van der Waals surface area contributed by atoms with Crippen molar-refractivity contribution in [1.82, 2.24) is 20.2 Å². The number of amidine groups is 1. The summed E-state index contributed by atoms with van der Waals surface area (Å²) in [5.41, 5.74) is 1.37. The Hall–Kier alpha value is -3.62. The van der Waals surface area contributed by atoms with Crippen LogP contribution in [0, 0.1) is 10.1 Å². The van der Waals surface area contributed by atoms with E-state index in [1.165, 1.54) is 9.69 Å². The Morgan fingerprint density at radius 2 is 1.68 bits per heavy atom. The van der Waals surface area contributed by atoms with Gasteiger partial charge < -0.3 is 10.1 Å². The largest absolute Gasteiger partial charge is 0.435 e. The highest BCUT2D eigenvalue weighted by atomic mass is 16.6. The number of rotatable bonds is 5. The molecule has 0 spiro atoms.